The van der Waals surface area contributed by atoms with E-state index in [1.54, 1.807) is 4.57 Å². The van der Waals surface area contributed by atoms with Crippen molar-refractivity contribution in [3.63, 3.8) is 0 Å². The highest BCUT2D eigenvalue weighted by Gasteiger charge is 2.17. The molecule has 1 aliphatic rings. The molecule has 0 atom stereocenters. The van der Waals surface area contributed by atoms with Crippen molar-refractivity contribution in [3.8, 4) is 5.69 Å². The molecule has 0 radical (unpaired) electrons. The Balaban J connectivity index is 1.41. The van der Waals surface area contributed by atoms with Crippen molar-refractivity contribution >= 4 is 44.9 Å². The third kappa shape index (κ3) is 4.03. The van der Waals surface area contributed by atoms with E-state index in [9.17, 15) is 9.59 Å². The highest BCUT2D eigenvalue weighted by Crippen LogP contribution is 2.26. The Hall–Kier alpha value is -2.90. The number of fused-ring (bicyclic) bond motifs is 2. The molecule has 1 N–H and O–H groups in total. The zero-order valence-electron chi connectivity index (χ0n) is 17.1. The molecule has 0 spiro atoms. The molecule has 0 saturated carbocycles. The number of thiophene rings is 1. The third-order valence-corrected chi connectivity index (χ3v) is 7.25. The number of aryl methyl sites for hydroxylation is 3. The molecule has 0 saturated heterocycles. The molecular formula is C24H21N3O2S2. The van der Waals surface area contributed by atoms with Crippen molar-refractivity contribution in [2.45, 2.75) is 31.3 Å². The van der Waals surface area contributed by atoms with E-state index in [-0.39, 0.29) is 17.2 Å². The number of rotatable bonds is 5. The van der Waals surface area contributed by atoms with Gasteiger partial charge in [-0.05, 0) is 78.6 Å². The van der Waals surface area contributed by atoms with Gasteiger partial charge in [0.1, 0.15) is 4.70 Å². The summed E-state index contributed by atoms with van der Waals surface area (Å²) in [5.41, 5.74) is 5.90. The lowest BCUT2D eigenvalue weighted by atomic mass is 10.1. The summed E-state index contributed by atoms with van der Waals surface area (Å²) in [5.74, 6) is 0.0590. The second-order valence-corrected chi connectivity index (χ2v) is 9.54. The Morgan fingerprint density at radius 2 is 2.03 bits per heavy atom. The van der Waals surface area contributed by atoms with E-state index in [4.69, 9.17) is 0 Å². The highest BCUT2D eigenvalue weighted by molar-refractivity contribution is 7.99. The fourth-order valence-electron chi connectivity index (χ4n) is 3.96. The monoisotopic (exact) mass is 447 g/mol. The molecular weight excluding hydrogens is 426 g/mol. The quantitative estimate of drug-likeness (QED) is 0.346. The number of benzene rings is 2. The van der Waals surface area contributed by atoms with E-state index in [0.29, 0.717) is 15.4 Å². The van der Waals surface area contributed by atoms with E-state index < -0.39 is 0 Å². The van der Waals surface area contributed by atoms with E-state index in [1.807, 2.05) is 48.7 Å². The molecule has 0 bridgehead atoms. The zero-order chi connectivity index (χ0) is 21.4. The lowest BCUT2D eigenvalue weighted by Gasteiger charge is -2.13. The molecule has 1 amide bonds. The van der Waals surface area contributed by atoms with Crippen LogP contribution in [0.4, 0.5) is 5.69 Å². The highest BCUT2D eigenvalue weighted by atomic mass is 32.2. The molecule has 7 heteroatoms. The third-order valence-electron chi connectivity index (χ3n) is 5.42. The van der Waals surface area contributed by atoms with Crippen LogP contribution in [0.1, 0.15) is 23.1 Å². The van der Waals surface area contributed by atoms with Gasteiger partial charge in [0.15, 0.2) is 5.16 Å². The summed E-state index contributed by atoms with van der Waals surface area (Å²) >= 11 is 2.66. The topological polar surface area (TPSA) is 64.0 Å². The molecule has 156 valence electrons. The van der Waals surface area contributed by atoms with Crippen molar-refractivity contribution in [2.75, 3.05) is 11.1 Å². The molecule has 31 heavy (non-hydrogen) atoms. The van der Waals surface area contributed by atoms with Gasteiger partial charge >= 0.3 is 0 Å². The van der Waals surface area contributed by atoms with Crippen molar-refractivity contribution in [2.24, 2.45) is 0 Å². The van der Waals surface area contributed by atoms with E-state index in [1.165, 1.54) is 40.6 Å². The number of thioether (sulfide) groups is 1. The average Bonchev–Trinajstić information content (AvgIpc) is 3.41. The van der Waals surface area contributed by atoms with Crippen LogP contribution in [0.5, 0.6) is 0 Å². The fourth-order valence-corrected chi connectivity index (χ4v) is 5.53. The minimum absolute atomic E-state index is 0.105. The summed E-state index contributed by atoms with van der Waals surface area (Å²) in [4.78, 5) is 30.5. The van der Waals surface area contributed by atoms with Crippen LogP contribution in [0, 0.1) is 6.92 Å². The summed E-state index contributed by atoms with van der Waals surface area (Å²) < 4.78 is 2.23. The number of hydrogen-bond donors (Lipinski definition) is 1. The first kappa shape index (κ1) is 20.0. The Kier molecular flexibility index (Phi) is 5.38. The molecule has 2 heterocycles. The number of carbonyl (C=O) groups is 1. The average molecular weight is 448 g/mol. The fraction of sp³-hybridized carbons (Fsp3) is 0.208. The van der Waals surface area contributed by atoms with Gasteiger partial charge in [-0.2, -0.15) is 0 Å². The smallest absolute Gasteiger partial charge is 0.276 e. The standard InChI is InChI=1S/C24H21N3O2S2/c1-15-4-2-7-19(12-15)27-23(29)22-20(10-11-30-22)26-24(27)31-14-21(28)25-18-9-8-16-5-3-6-17(16)13-18/h2,4,7-13H,3,5-6,14H2,1H3,(H,25,28). The molecule has 2 aromatic heterocycles. The number of nitrogens with zero attached hydrogens (tertiary/aromatic N) is 2. The van der Waals surface area contributed by atoms with Gasteiger partial charge in [0.25, 0.3) is 5.56 Å². The van der Waals surface area contributed by atoms with Crippen molar-refractivity contribution in [1.82, 2.24) is 9.55 Å². The van der Waals surface area contributed by atoms with Crippen LogP contribution < -0.4 is 10.9 Å². The maximum Gasteiger partial charge on any atom is 0.276 e. The number of amides is 1. The molecule has 0 aliphatic heterocycles. The second kappa shape index (κ2) is 8.32. The van der Waals surface area contributed by atoms with Gasteiger partial charge in [0.05, 0.1) is 17.0 Å². The number of hydrogen-bond acceptors (Lipinski definition) is 5. The summed E-state index contributed by atoms with van der Waals surface area (Å²) in [5, 5.41) is 5.37. The van der Waals surface area contributed by atoms with Crippen LogP contribution in [-0.2, 0) is 17.6 Å². The first-order chi connectivity index (χ1) is 15.1. The predicted molar refractivity (Wildman–Crippen MR) is 128 cm³/mol. The molecule has 0 fully saturated rings. The SMILES string of the molecule is Cc1cccc(-n2c(SCC(=O)Nc3ccc4c(c3)CCC4)nc3ccsc3c2=O)c1. The van der Waals surface area contributed by atoms with Crippen LogP contribution in [0.15, 0.2) is 63.9 Å². The minimum Gasteiger partial charge on any atom is -0.325 e. The predicted octanol–water partition coefficient (Wildman–Crippen LogP) is 4.98. The lowest BCUT2D eigenvalue weighted by Crippen LogP contribution is -2.22. The largest absolute Gasteiger partial charge is 0.325 e. The van der Waals surface area contributed by atoms with Gasteiger partial charge in [0.2, 0.25) is 5.91 Å². The van der Waals surface area contributed by atoms with Crippen LogP contribution in [0.25, 0.3) is 15.9 Å². The molecule has 1 aliphatic carbocycles. The molecule has 5 nitrogen and oxygen atoms in total. The molecule has 5 rings (SSSR count). The first-order valence-corrected chi connectivity index (χ1v) is 12.1. The van der Waals surface area contributed by atoms with Crippen LogP contribution in [0.2, 0.25) is 0 Å². The first-order valence-electron chi connectivity index (χ1n) is 10.2. The van der Waals surface area contributed by atoms with Crippen LogP contribution >= 0.6 is 23.1 Å². The Labute approximate surface area is 188 Å². The molecule has 4 aromatic rings. The van der Waals surface area contributed by atoms with Crippen LogP contribution in [0.3, 0.4) is 0 Å². The number of carbonyl (C=O) groups excluding carboxylic acids is 1. The van der Waals surface area contributed by atoms with Gasteiger partial charge in [-0.1, -0.05) is 30.0 Å². The van der Waals surface area contributed by atoms with E-state index in [2.05, 4.69) is 22.4 Å². The van der Waals surface area contributed by atoms with Crippen molar-refractivity contribution in [1.29, 1.82) is 0 Å². The Bertz CT molecular complexity index is 1360. The van der Waals surface area contributed by atoms with Gasteiger partial charge in [-0.3, -0.25) is 14.2 Å². The van der Waals surface area contributed by atoms with Crippen LogP contribution in [-0.4, -0.2) is 21.2 Å². The normalized spacial score (nSPS) is 12.8. The van der Waals surface area contributed by atoms with E-state index >= 15 is 0 Å². The maximum absolute atomic E-state index is 13.2. The Morgan fingerprint density at radius 1 is 1.16 bits per heavy atom. The van der Waals surface area contributed by atoms with Crippen molar-refractivity contribution < 1.29 is 4.79 Å². The second-order valence-electron chi connectivity index (χ2n) is 7.68. The summed E-state index contributed by atoms with van der Waals surface area (Å²) in [6.07, 6.45) is 3.36. The molecule has 0 unspecified atom stereocenters. The van der Waals surface area contributed by atoms with Gasteiger partial charge in [0, 0.05) is 5.69 Å². The summed E-state index contributed by atoms with van der Waals surface area (Å²) in [6.45, 7) is 1.99. The van der Waals surface area contributed by atoms with E-state index in [0.717, 1.165) is 29.8 Å². The Morgan fingerprint density at radius 3 is 2.90 bits per heavy atom. The maximum atomic E-state index is 13.2. The number of nitrogens with one attached hydrogen (secondary N) is 1. The summed E-state index contributed by atoms with van der Waals surface area (Å²) in [7, 11) is 0. The van der Waals surface area contributed by atoms with Crippen molar-refractivity contribution in [3.05, 3.63) is 81.0 Å². The number of anilines is 1. The minimum atomic E-state index is -0.113. The zero-order valence-corrected chi connectivity index (χ0v) is 18.7. The summed E-state index contributed by atoms with van der Waals surface area (Å²) in [6, 6.07) is 15.7. The van der Waals surface area contributed by atoms with Gasteiger partial charge in [-0.25, -0.2) is 4.98 Å². The lowest BCUT2D eigenvalue weighted by molar-refractivity contribution is -0.113. The van der Waals surface area contributed by atoms with Gasteiger partial charge < -0.3 is 5.32 Å². The molecule has 2 aromatic carbocycles. The van der Waals surface area contributed by atoms with Gasteiger partial charge in [-0.15, -0.1) is 11.3 Å². The number of aromatic nitrogens is 2.